The van der Waals surface area contributed by atoms with Gasteiger partial charge in [0, 0.05) is 19.7 Å². The summed E-state index contributed by atoms with van der Waals surface area (Å²) < 4.78 is 44.4. The number of esters is 1. The number of hydrogen-bond donors (Lipinski definition) is 0. The topological polar surface area (TPSA) is 80.8 Å². The van der Waals surface area contributed by atoms with Crippen LogP contribution in [0.3, 0.4) is 0 Å². The second kappa shape index (κ2) is 9.28. The Hall–Kier alpha value is -2.58. The zero-order valence-electron chi connectivity index (χ0n) is 16.9. The van der Waals surface area contributed by atoms with Crippen LogP contribution in [0.1, 0.15) is 45.7 Å². The van der Waals surface area contributed by atoms with Gasteiger partial charge in [-0.25, -0.2) is 21.9 Å². The molecule has 29 heavy (non-hydrogen) atoms. The summed E-state index contributed by atoms with van der Waals surface area (Å²) in [5, 5.41) is 0. The molecular formula is C21H24FNO5S. The molecule has 156 valence electrons. The van der Waals surface area contributed by atoms with Gasteiger partial charge >= 0.3 is 5.97 Å². The van der Waals surface area contributed by atoms with Crippen LogP contribution in [-0.4, -0.2) is 45.2 Å². The van der Waals surface area contributed by atoms with Crippen molar-refractivity contribution in [2.45, 2.75) is 31.6 Å². The van der Waals surface area contributed by atoms with Gasteiger partial charge in [-0.05, 0) is 48.2 Å². The fourth-order valence-electron chi connectivity index (χ4n) is 2.73. The molecule has 0 radical (unpaired) electrons. The maximum absolute atomic E-state index is 14.1. The number of hydrogen-bond acceptors (Lipinski definition) is 5. The lowest BCUT2D eigenvalue weighted by molar-refractivity contribution is 0.0469. The number of nitrogens with zero attached hydrogens (tertiary/aromatic N) is 1. The molecule has 0 N–H and O–H groups in total. The van der Waals surface area contributed by atoms with Crippen molar-refractivity contribution in [3.63, 3.8) is 0 Å². The number of sulfonamides is 1. The summed E-state index contributed by atoms with van der Waals surface area (Å²) in [6, 6.07) is 8.43. The standard InChI is InChI=1S/C21H24FNO5S/c1-5-14-7-8-15(6-2)17(11-14)20(24)13-28-21(25)18-12-16(9-10-19(18)22)29(26,27)23(3)4/h7-12H,5-6,13H2,1-4H3. The highest BCUT2D eigenvalue weighted by atomic mass is 32.2. The lowest BCUT2D eigenvalue weighted by atomic mass is 9.98. The summed E-state index contributed by atoms with van der Waals surface area (Å²) in [6.07, 6.45) is 1.39. The normalized spacial score (nSPS) is 11.5. The minimum Gasteiger partial charge on any atom is -0.454 e. The third-order valence-corrected chi connectivity index (χ3v) is 6.35. The molecular weight excluding hydrogens is 397 g/mol. The molecule has 0 aliphatic heterocycles. The van der Waals surface area contributed by atoms with Gasteiger partial charge in [-0.1, -0.05) is 26.0 Å². The first-order valence-corrected chi connectivity index (χ1v) is 10.6. The Bertz CT molecular complexity index is 1030. The lowest BCUT2D eigenvalue weighted by Gasteiger charge is -2.13. The molecule has 0 amide bonds. The molecule has 2 aromatic rings. The van der Waals surface area contributed by atoms with Gasteiger partial charge in [0.25, 0.3) is 0 Å². The summed E-state index contributed by atoms with van der Waals surface area (Å²) in [6.45, 7) is 3.31. The van der Waals surface area contributed by atoms with Crippen molar-refractivity contribution in [3.05, 3.63) is 64.5 Å². The van der Waals surface area contributed by atoms with Gasteiger partial charge in [-0.2, -0.15) is 0 Å². The molecule has 0 fully saturated rings. The first-order valence-electron chi connectivity index (χ1n) is 9.16. The Morgan fingerprint density at radius 1 is 1.00 bits per heavy atom. The van der Waals surface area contributed by atoms with E-state index in [9.17, 15) is 22.4 Å². The van der Waals surface area contributed by atoms with Crippen molar-refractivity contribution in [3.8, 4) is 0 Å². The predicted molar refractivity (Wildman–Crippen MR) is 107 cm³/mol. The highest BCUT2D eigenvalue weighted by Gasteiger charge is 2.23. The summed E-state index contributed by atoms with van der Waals surface area (Å²) in [5.74, 6) is -2.43. The van der Waals surface area contributed by atoms with E-state index in [0.29, 0.717) is 12.0 Å². The quantitative estimate of drug-likeness (QED) is 0.483. The molecule has 0 unspecified atom stereocenters. The van der Waals surface area contributed by atoms with Gasteiger partial charge in [0.2, 0.25) is 15.8 Å². The fourth-order valence-corrected chi connectivity index (χ4v) is 3.66. The zero-order chi connectivity index (χ0) is 21.8. The summed E-state index contributed by atoms with van der Waals surface area (Å²) in [4.78, 5) is 24.6. The van der Waals surface area contributed by atoms with Crippen LogP contribution in [0.2, 0.25) is 0 Å². The molecule has 0 aromatic heterocycles. The van der Waals surface area contributed by atoms with Gasteiger partial charge in [-0.3, -0.25) is 4.79 Å². The molecule has 0 saturated heterocycles. The fraction of sp³-hybridized carbons (Fsp3) is 0.333. The first kappa shape index (κ1) is 22.7. The van der Waals surface area contributed by atoms with E-state index >= 15 is 0 Å². The van der Waals surface area contributed by atoms with Gasteiger partial charge in [-0.15, -0.1) is 0 Å². The lowest BCUT2D eigenvalue weighted by Crippen LogP contribution is -2.23. The average molecular weight is 421 g/mol. The van der Waals surface area contributed by atoms with Crippen LogP contribution < -0.4 is 0 Å². The van der Waals surface area contributed by atoms with E-state index in [4.69, 9.17) is 4.74 Å². The zero-order valence-corrected chi connectivity index (χ0v) is 17.7. The van der Waals surface area contributed by atoms with E-state index < -0.39 is 39.8 Å². The number of ether oxygens (including phenoxy) is 1. The minimum atomic E-state index is -3.85. The average Bonchev–Trinajstić information content (AvgIpc) is 2.71. The van der Waals surface area contributed by atoms with Crippen LogP contribution in [0.25, 0.3) is 0 Å². The van der Waals surface area contributed by atoms with E-state index in [1.54, 1.807) is 6.07 Å². The Morgan fingerprint density at radius 3 is 2.28 bits per heavy atom. The monoisotopic (exact) mass is 421 g/mol. The minimum absolute atomic E-state index is 0.244. The van der Waals surface area contributed by atoms with Crippen LogP contribution in [0, 0.1) is 5.82 Å². The molecule has 2 rings (SSSR count). The molecule has 0 atom stereocenters. The molecule has 6 nitrogen and oxygen atoms in total. The Balaban J connectivity index is 2.23. The molecule has 0 spiro atoms. The molecule has 0 aliphatic carbocycles. The first-order chi connectivity index (χ1) is 13.6. The van der Waals surface area contributed by atoms with Crippen LogP contribution in [0.4, 0.5) is 4.39 Å². The molecule has 0 aliphatic rings. The van der Waals surface area contributed by atoms with Gasteiger partial charge < -0.3 is 4.74 Å². The number of halogens is 1. The molecule has 0 saturated carbocycles. The summed E-state index contributed by atoms with van der Waals surface area (Å²) >= 11 is 0. The van der Waals surface area contributed by atoms with E-state index in [0.717, 1.165) is 40.1 Å². The van der Waals surface area contributed by atoms with Gasteiger partial charge in [0.15, 0.2) is 6.61 Å². The molecule has 8 heteroatoms. The maximum atomic E-state index is 14.1. The summed E-state index contributed by atoms with van der Waals surface area (Å²) in [5.41, 5.74) is 1.72. The van der Waals surface area contributed by atoms with Crippen molar-refractivity contribution in [2.75, 3.05) is 20.7 Å². The van der Waals surface area contributed by atoms with Crippen LogP contribution in [0.15, 0.2) is 41.3 Å². The predicted octanol–water partition coefficient (Wildman–Crippen LogP) is 3.24. The highest BCUT2D eigenvalue weighted by molar-refractivity contribution is 7.89. The second-order valence-corrected chi connectivity index (χ2v) is 8.78. The molecule has 2 aromatic carbocycles. The second-order valence-electron chi connectivity index (χ2n) is 6.63. The van der Waals surface area contributed by atoms with Gasteiger partial charge in [0.05, 0.1) is 10.5 Å². The van der Waals surface area contributed by atoms with Crippen molar-refractivity contribution in [1.29, 1.82) is 0 Å². The number of aryl methyl sites for hydroxylation is 2. The molecule has 0 bridgehead atoms. The van der Waals surface area contributed by atoms with Crippen molar-refractivity contribution in [2.24, 2.45) is 0 Å². The number of carbonyl (C=O) groups excluding carboxylic acids is 2. The summed E-state index contributed by atoms with van der Waals surface area (Å²) in [7, 11) is -1.20. The van der Waals surface area contributed by atoms with E-state index in [2.05, 4.69) is 0 Å². The number of benzene rings is 2. The largest absolute Gasteiger partial charge is 0.454 e. The Kier molecular flexibility index (Phi) is 7.26. The SMILES string of the molecule is CCc1ccc(CC)c(C(=O)COC(=O)c2cc(S(=O)(=O)N(C)C)ccc2F)c1. The number of ketones is 1. The number of Topliss-reactive ketones (excluding diaryl/α,β-unsaturated/α-hetero) is 1. The van der Waals surface area contributed by atoms with Crippen molar-refractivity contribution >= 4 is 21.8 Å². The Labute approximate surface area is 170 Å². The smallest absolute Gasteiger partial charge is 0.341 e. The molecule has 0 heterocycles. The maximum Gasteiger partial charge on any atom is 0.341 e. The van der Waals surface area contributed by atoms with Crippen LogP contribution in [0.5, 0.6) is 0 Å². The number of carbonyl (C=O) groups is 2. The highest BCUT2D eigenvalue weighted by Crippen LogP contribution is 2.19. The van der Waals surface area contributed by atoms with Gasteiger partial charge in [0.1, 0.15) is 5.82 Å². The van der Waals surface area contributed by atoms with E-state index in [1.807, 2.05) is 26.0 Å². The van der Waals surface area contributed by atoms with Crippen molar-refractivity contribution in [1.82, 2.24) is 4.31 Å². The van der Waals surface area contributed by atoms with E-state index in [1.165, 1.54) is 14.1 Å². The number of rotatable bonds is 8. The van der Waals surface area contributed by atoms with Crippen molar-refractivity contribution < 1.29 is 27.1 Å². The van der Waals surface area contributed by atoms with Crippen LogP contribution in [-0.2, 0) is 27.6 Å². The third-order valence-electron chi connectivity index (χ3n) is 4.53. The Morgan fingerprint density at radius 2 is 1.69 bits per heavy atom. The van der Waals surface area contributed by atoms with E-state index in [-0.39, 0.29) is 4.90 Å². The van der Waals surface area contributed by atoms with Crippen LogP contribution >= 0.6 is 0 Å². The third kappa shape index (κ3) is 5.07.